The molecule has 0 aliphatic rings. The van der Waals surface area contributed by atoms with E-state index in [1.165, 1.54) is 6.20 Å². The molecule has 2 rings (SSSR count). The van der Waals surface area contributed by atoms with Crippen molar-refractivity contribution in [2.24, 2.45) is 5.92 Å². The summed E-state index contributed by atoms with van der Waals surface area (Å²) in [5, 5.41) is 5.01. The van der Waals surface area contributed by atoms with Crippen molar-refractivity contribution in [3.63, 3.8) is 0 Å². The lowest BCUT2D eigenvalue weighted by Gasteiger charge is -2.11. The van der Waals surface area contributed by atoms with Crippen LogP contribution in [0.4, 0.5) is 0 Å². The third kappa shape index (κ3) is 3.04. The highest BCUT2D eigenvalue weighted by Gasteiger charge is 2.12. The quantitative estimate of drug-likeness (QED) is 0.866. The first-order valence-corrected chi connectivity index (χ1v) is 6.82. The molecule has 1 aromatic heterocycles. The minimum absolute atomic E-state index is 0.0966. The largest absolute Gasteiger partial charge is 0.352 e. The molecule has 19 heavy (non-hydrogen) atoms. The van der Waals surface area contributed by atoms with Crippen LogP contribution in [-0.4, -0.2) is 17.4 Å². The van der Waals surface area contributed by atoms with Crippen molar-refractivity contribution in [1.82, 2.24) is 10.3 Å². The van der Waals surface area contributed by atoms with E-state index in [0.29, 0.717) is 23.2 Å². The molecule has 0 saturated carbocycles. The first-order chi connectivity index (χ1) is 9.13. The van der Waals surface area contributed by atoms with E-state index in [4.69, 9.17) is 11.6 Å². The Labute approximate surface area is 118 Å². The second-order valence-electron chi connectivity index (χ2n) is 4.73. The number of nitrogens with one attached hydrogen (secondary N) is 1. The van der Waals surface area contributed by atoms with Crippen LogP contribution in [0.3, 0.4) is 0 Å². The Bertz CT molecular complexity index is 598. The van der Waals surface area contributed by atoms with Gasteiger partial charge in [0.05, 0.1) is 5.56 Å². The number of benzene rings is 1. The standard InChI is InChI=1S/C15H17ClN2O/c1-3-10(2)8-18-15(19)13-9-17-14(16)12-7-5-4-6-11(12)13/h4-7,9-10H,3,8H2,1-2H3,(H,18,19). The Balaban J connectivity index is 2.30. The number of hydrogen-bond acceptors (Lipinski definition) is 2. The average Bonchev–Trinajstić information content (AvgIpc) is 2.45. The third-order valence-electron chi connectivity index (χ3n) is 3.30. The number of halogens is 1. The zero-order valence-corrected chi connectivity index (χ0v) is 11.9. The maximum atomic E-state index is 12.2. The topological polar surface area (TPSA) is 42.0 Å². The van der Waals surface area contributed by atoms with Gasteiger partial charge in [-0.05, 0) is 11.3 Å². The molecule has 1 atom stereocenters. The molecule has 3 nitrogen and oxygen atoms in total. The van der Waals surface area contributed by atoms with Gasteiger partial charge in [-0.2, -0.15) is 0 Å². The van der Waals surface area contributed by atoms with Gasteiger partial charge in [0, 0.05) is 18.1 Å². The van der Waals surface area contributed by atoms with Gasteiger partial charge in [-0.15, -0.1) is 0 Å². The zero-order chi connectivity index (χ0) is 13.8. The van der Waals surface area contributed by atoms with Crippen LogP contribution in [-0.2, 0) is 0 Å². The van der Waals surface area contributed by atoms with Crippen LogP contribution in [0, 0.1) is 5.92 Å². The summed E-state index contributed by atoms with van der Waals surface area (Å²) in [6, 6.07) is 7.54. The summed E-state index contributed by atoms with van der Waals surface area (Å²) < 4.78 is 0. The van der Waals surface area contributed by atoms with Crippen LogP contribution >= 0.6 is 11.6 Å². The number of hydrogen-bond donors (Lipinski definition) is 1. The fraction of sp³-hybridized carbons (Fsp3) is 0.333. The maximum Gasteiger partial charge on any atom is 0.253 e. The fourth-order valence-corrected chi connectivity index (χ4v) is 2.06. The van der Waals surface area contributed by atoms with Gasteiger partial charge >= 0.3 is 0 Å². The molecule has 2 aromatic rings. The van der Waals surface area contributed by atoms with Crippen molar-refractivity contribution >= 4 is 28.3 Å². The van der Waals surface area contributed by atoms with Crippen molar-refractivity contribution in [1.29, 1.82) is 0 Å². The predicted molar refractivity (Wildman–Crippen MR) is 78.5 cm³/mol. The van der Waals surface area contributed by atoms with Crippen molar-refractivity contribution in [3.8, 4) is 0 Å². The van der Waals surface area contributed by atoms with E-state index in [0.717, 1.165) is 17.2 Å². The molecule has 0 bridgehead atoms. The summed E-state index contributed by atoms with van der Waals surface area (Å²) in [5.41, 5.74) is 0.573. The molecular formula is C15H17ClN2O. The second kappa shape index (κ2) is 6.02. The zero-order valence-electron chi connectivity index (χ0n) is 11.1. The predicted octanol–water partition coefficient (Wildman–Crippen LogP) is 3.66. The van der Waals surface area contributed by atoms with Gasteiger partial charge in [-0.1, -0.05) is 56.1 Å². The van der Waals surface area contributed by atoms with Gasteiger partial charge < -0.3 is 5.32 Å². The van der Waals surface area contributed by atoms with Gasteiger partial charge in [0.15, 0.2) is 0 Å². The molecule has 4 heteroatoms. The number of pyridine rings is 1. The van der Waals surface area contributed by atoms with Crippen LogP contribution in [0.15, 0.2) is 30.5 Å². The van der Waals surface area contributed by atoms with Crippen LogP contribution < -0.4 is 5.32 Å². The van der Waals surface area contributed by atoms with Gasteiger partial charge in [0.2, 0.25) is 0 Å². The maximum absolute atomic E-state index is 12.2. The molecule has 1 unspecified atom stereocenters. The molecular weight excluding hydrogens is 260 g/mol. The van der Waals surface area contributed by atoms with Gasteiger partial charge in [0.25, 0.3) is 5.91 Å². The summed E-state index contributed by atoms with van der Waals surface area (Å²) in [4.78, 5) is 16.3. The number of rotatable bonds is 4. The molecule has 1 N–H and O–H groups in total. The van der Waals surface area contributed by atoms with E-state index in [9.17, 15) is 4.79 Å². The van der Waals surface area contributed by atoms with Crippen molar-refractivity contribution in [3.05, 3.63) is 41.2 Å². The SMILES string of the molecule is CCC(C)CNC(=O)c1cnc(Cl)c2ccccc12. The van der Waals surface area contributed by atoms with Crippen molar-refractivity contribution in [2.45, 2.75) is 20.3 Å². The highest BCUT2D eigenvalue weighted by Crippen LogP contribution is 2.24. The smallest absolute Gasteiger partial charge is 0.253 e. The Morgan fingerprint density at radius 1 is 1.37 bits per heavy atom. The molecule has 1 aromatic carbocycles. The lowest BCUT2D eigenvalue weighted by Crippen LogP contribution is -2.28. The third-order valence-corrected chi connectivity index (χ3v) is 3.60. The van der Waals surface area contributed by atoms with E-state index < -0.39 is 0 Å². The number of amides is 1. The number of nitrogens with zero attached hydrogens (tertiary/aromatic N) is 1. The van der Waals surface area contributed by atoms with E-state index in [-0.39, 0.29) is 5.91 Å². The Morgan fingerprint density at radius 3 is 2.74 bits per heavy atom. The van der Waals surface area contributed by atoms with Crippen LogP contribution in [0.5, 0.6) is 0 Å². The van der Waals surface area contributed by atoms with Gasteiger partial charge in [0.1, 0.15) is 5.15 Å². The highest BCUT2D eigenvalue weighted by atomic mass is 35.5. The fourth-order valence-electron chi connectivity index (χ4n) is 1.85. The van der Waals surface area contributed by atoms with Gasteiger partial charge in [-0.25, -0.2) is 4.98 Å². The molecule has 0 aliphatic carbocycles. The summed E-state index contributed by atoms with van der Waals surface area (Å²) in [5.74, 6) is 0.371. The molecule has 0 fully saturated rings. The molecule has 100 valence electrons. The van der Waals surface area contributed by atoms with E-state index in [2.05, 4.69) is 24.1 Å². The van der Waals surface area contributed by atoms with Crippen molar-refractivity contribution < 1.29 is 4.79 Å². The van der Waals surface area contributed by atoms with Crippen LogP contribution in [0.25, 0.3) is 10.8 Å². The normalized spacial score (nSPS) is 12.4. The summed E-state index contributed by atoms with van der Waals surface area (Å²) in [6.07, 6.45) is 2.58. The van der Waals surface area contributed by atoms with E-state index in [1.54, 1.807) is 0 Å². The van der Waals surface area contributed by atoms with E-state index in [1.807, 2.05) is 24.3 Å². The minimum Gasteiger partial charge on any atom is -0.352 e. The van der Waals surface area contributed by atoms with Crippen molar-refractivity contribution in [2.75, 3.05) is 6.54 Å². The number of aromatic nitrogens is 1. The van der Waals surface area contributed by atoms with Crippen LogP contribution in [0.2, 0.25) is 5.15 Å². The Hall–Kier alpha value is -1.61. The molecule has 0 spiro atoms. The summed E-state index contributed by atoms with van der Waals surface area (Å²) in [7, 11) is 0. The van der Waals surface area contributed by atoms with Crippen LogP contribution in [0.1, 0.15) is 30.6 Å². The molecule has 0 aliphatic heterocycles. The number of fused-ring (bicyclic) bond motifs is 1. The number of carbonyl (C=O) groups excluding carboxylic acids is 1. The van der Waals surface area contributed by atoms with Gasteiger partial charge in [-0.3, -0.25) is 4.79 Å². The Kier molecular flexibility index (Phi) is 4.38. The lowest BCUT2D eigenvalue weighted by molar-refractivity contribution is 0.0949. The second-order valence-corrected chi connectivity index (χ2v) is 5.09. The first-order valence-electron chi connectivity index (χ1n) is 6.45. The molecule has 0 radical (unpaired) electrons. The molecule has 1 amide bonds. The number of carbonyl (C=O) groups is 1. The lowest BCUT2D eigenvalue weighted by atomic mass is 10.1. The molecule has 0 saturated heterocycles. The minimum atomic E-state index is -0.0966. The monoisotopic (exact) mass is 276 g/mol. The average molecular weight is 277 g/mol. The van der Waals surface area contributed by atoms with E-state index >= 15 is 0 Å². The Morgan fingerprint density at radius 2 is 2.05 bits per heavy atom. The highest BCUT2D eigenvalue weighted by molar-refractivity contribution is 6.34. The first kappa shape index (κ1) is 13.8. The summed E-state index contributed by atoms with van der Waals surface area (Å²) in [6.45, 7) is 4.89. The summed E-state index contributed by atoms with van der Waals surface area (Å²) >= 11 is 6.04. The molecule has 1 heterocycles.